The van der Waals surface area contributed by atoms with Crippen LogP contribution in [0.2, 0.25) is 0 Å². The topological polar surface area (TPSA) is 13.1 Å². The van der Waals surface area contributed by atoms with Crippen molar-refractivity contribution in [3.63, 3.8) is 0 Å². The summed E-state index contributed by atoms with van der Waals surface area (Å²) in [4.78, 5) is 0. The second-order valence-electron chi connectivity index (χ2n) is 36.0. The minimum atomic E-state index is -0.187. The molecular weight excluding hydrogens is 1390 g/mol. The highest BCUT2D eigenvalue weighted by Gasteiger charge is 2.45. The van der Waals surface area contributed by atoms with Crippen molar-refractivity contribution in [2.24, 2.45) is 5.92 Å². The number of furan rings is 1. The molecule has 0 aliphatic heterocycles. The third kappa shape index (κ3) is 8.73. The average Bonchev–Trinajstić information content (AvgIpc) is 1.49. The molecule has 8 aliphatic carbocycles. The van der Waals surface area contributed by atoms with Crippen molar-refractivity contribution < 1.29 is 4.42 Å². The lowest BCUT2D eigenvalue weighted by molar-refractivity contribution is 0.651. The second-order valence-corrected chi connectivity index (χ2v) is 36.0. The van der Waals surface area contributed by atoms with E-state index in [9.17, 15) is 0 Å². The van der Waals surface area contributed by atoms with E-state index < -0.39 is 0 Å². The van der Waals surface area contributed by atoms with Crippen molar-refractivity contribution in [1.29, 1.82) is 0 Å². The summed E-state index contributed by atoms with van der Waals surface area (Å²) >= 11 is 0. The lowest BCUT2D eigenvalue weighted by Crippen LogP contribution is -2.22. The molecule has 8 aliphatic rings. The van der Waals surface area contributed by atoms with Crippen molar-refractivity contribution in [1.82, 2.24) is 0 Å². The van der Waals surface area contributed by atoms with Gasteiger partial charge in [0.15, 0.2) is 0 Å². The fraction of sp³-hybridized carbons (Fsp3) is 0.123. The molecule has 1 aromatic heterocycles. The van der Waals surface area contributed by atoms with Gasteiger partial charge in [-0.3, -0.25) is 0 Å². The van der Waals surface area contributed by atoms with Crippen LogP contribution in [0.5, 0.6) is 0 Å². The Balaban J connectivity index is 0.583. The number of hydrogen-bond acceptors (Lipinski definition) is 1. The molecule has 542 valence electrons. The highest BCUT2D eigenvalue weighted by atomic mass is 16.3. The number of fused-ring (bicyclic) bond motifs is 19. The molecule has 17 aromatic rings. The fourth-order valence-corrected chi connectivity index (χ4v) is 23.1. The third-order valence-corrected chi connectivity index (χ3v) is 28.8. The minimum Gasteiger partial charge on any atom is -0.456 e. The predicted octanol–water partition coefficient (Wildman–Crippen LogP) is 30.5. The van der Waals surface area contributed by atoms with Gasteiger partial charge in [-0.2, -0.15) is 0 Å². The summed E-state index contributed by atoms with van der Waals surface area (Å²) in [7, 11) is 0. The molecule has 0 fully saturated rings. The highest BCUT2D eigenvalue weighted by molar-refractivity contribution is 6.28. The molecule has 2 unspecified atom stereocenters. The molecule has 1 heterocycles. The van der Waals surface area contributed by atoms with Crippen molar-refractivity contribution >= 4 is 61.2 Å². The van der Waals surface area contributed by atoms with Gasteiger partial charge in [0.2, 0.25) is 0 Å². The Morgan fingerprint density at radius 3 is 1.41 bits per heavy atom. The molecule has 0 spiro atoms. The van der Waals surface area contributed by atoms with Crippen molar-refractivity contribution in [2.75, 3.05) is 0 Å². The largest absolute Gasteiger partial charge is 0.456 e. The molecular formula is C114H80O. The molecule has 1 heteroatoms. The van der Waals surface area contributed by atoms with E-state index >= 15 is 0 Å². The normalized spacial score (nSPS) is 17.2. The van der Waals surface area contributed by atoms with Gasteiger partial charge < -0.3 is 4.42 Å². The molecule has 16 aromatic carbocycles. The van der Waals surface area contributed by atoms with Crippen LogP contribution in [0.3, 0.4) is 0 Å². The maximum absolute atomic E-state index is 7.10. The first kappa shape index (κ1) is 65.4. The molecule has 0 bridgehead atoms. The van der Waals surface area contributed by atoms with E-state index in [-0.39, 0.29) is 33.5 Å². The van der Waals surface area contributed by atoms with Gasteiger partial charge in [-0.1, -0.05) is 316 Å². The van der Waals surface area contributed by atoms with Crippen molar-refractivity contribution in [3.05, 3.63) is 388 Å². The minimum absolute atomic E-state index is 0.0558. The Kier molecular flexibility index (Phi) is 13.0. The summed E-state index contributed by atoms with van der Waals surface area (Å²) < 4.78 is 7.10. The number of rotatable bonds is 7. The van der Waals surface area contributed by atoms with Gasteiger partial charge in [0, 0.05) is 44.3 Å². The standard InChI is InChI=1S/C114H80O/c1-111(2)93-35-16-14-28-75(93)89-59-99-91(61-97(89)111)77-48-42-69(56-95(77)113(99,5)6)67-26-18-27-72(54-67)106-80-30-12-13-31-81(80)108(110-87-34-20-25-64-24-19-33-86(103(64)87)109(106)110)84-52-43-68(55-88(84)63-22-10-9-11-23-63)70-44-53-85-102(58-70)115-101-37-21-32-79(107(85)101)74-47-39-66-40-50-82-73(46-38-65-41-51-83(74)105(66)104(65)82)71-45-49-78-92-62-98-90(60-100(92)114(7,8)96(78)57-71)76-29-15-17-36-94(76)112(98,3)4/h9-62,65,104H,1-8H3. The van der Waals surface area contributed by atoms with E-state index in [1.165, 1.54) is 222 Å². The summed E-state index contributed by atoms with van der Waals surface area (Å²) in [5, 5.41) is 7.28. The zero-order chi connectivity index (χ0) is 76.6. The molecule has 0 saturated carbocycles. The summed E-state index contributed by atoms with van der Waals surface area (Å²) in [5.74, 6) is 0.442. The molecule has 25 rings (SSSR count). The van der Waals surface area contributed by atoms with Crippen LogP contribution in [0.25, 0.3) is 195 Å². The summed E-state index contributed by atoms with van der Waals surface area (Å²) in [6, 6.07) is 112. The van der Waals surface area contributed by atoms with Crippen LogP contribution in [0.1, 0.15) is 128 Å². The molecule has 1 nitrogen and oxygen atoms in total. The van der Waals surface area contributed by atoms with Crippen LogP contribution in [0.15, 0.2) is 325 Å². The summed E-state index contributed by atoms with van der Waals surface area (Å²) in [5.41, 5.74) is 51.1. The molecule has 0 radical (unpaired) electrons. The van der Waals surface area contributed by atoms with E-state index in [4.69, 9.17) is 4.42 Å². The monoisotopic (exact) mass is 1460 g/mol. The van der Waals surface area contributed by atoms with Crippen LogP contribution in [-0.2, 0) is 21.7 Å². The number of allylic oxidation sites excluding steroid dienone is 6. The zero-order valence-corrected chi connectivity index (χ0v) is 65.7. The maximum atomic E-state index is 7.10. The lowest BCUT2D eigenvalue weighted by atomic mass is 9.66. The third-order valence-electron chi connectivity index (χ3n) is 28.8. The SMILES string of the molecule is CC1(C)c2ccccc2-c2cc3c(cc21)-c1ccc(C2=C4C=Cc5ccc(-c6cccc7oc8cc(-c9ccc(-c%10c%11c(c(-c%12cccc(-c%13ccc%14c(c%13)C(C)(C)c%13cc%15c(cc%13-%14)C(C)(C)c%13ccccc%13-%15)c%12)c%12ccccc%10%12)-c%10cccc%12cccc-%11c%10%12)c(-c%10ccccc%10)c9)ccc8c67)c6c5C4C(C=C2)C=C6)cc1C3(C)C. The summed E-state index contributed by atoms with van der Waals surface area (Å²) in [6.45, 7) is 19.3. The van der Waals surface area contributed by atoms with Crippen LogP contribution >= 0.6 is 0 Å². The fourth-order valence-electron chi connectivity index (χ4n) is 23.1. The van der Waals surface area contributed by atoms with Crippen LogP contribution < -0.4 is 0 Å². The van der Waals surface area contributed by atoms with Gasteiger partial charge >= 0.3 is 0 Å². The number of hydrogen-bond donors (Lipinski definition) is 0. The Labute approximate surface area is 671 Å². The first-order valence-electron chi connectivity index (χ1n) is 41.3. The zero-order valence-electron chi connectivity index (χ0n) is 65.7. The second kappa shape index (κ2) is 22.8. The van der Waals surface area contributed by atoms with E-state index in [2.05, 4.69) is 383 Å². The smallest absolute Gasteiger partial charge is 0.136 e. The van der Waals surface area contributed by atoms with Crippen LogP contribution in [0.4, 0.5) is 0 Å². The Hall–Kier alpha value is -13.2. The van der Waals surface area contributed by atoms with Crippen LogP contribution in [0, 0.1) is 5.92 Å². The van der Waals surface area contributed by atoms with E-state index in [1.807, 2.05) is 0 Å². The van der Waals surface area contributed by atoms with E-state index in [0.717, 1.165) is 33.1 Å². The molecule has 115 heavy (non-hydrogen) atoms. The van der Waals surface area contributed by atoms with Gasteiger partial charge in [-0.25, -0.2) is 0 Å². The summed E-state index contributed by atoms with van der Waals surface area (Å²) in [6.07, 6.45) is 14.6. The highest BCUT2D eigenvalue weighted by Crippen LogP contribution is 2.63. The quantitative estimate of drug-likeness (QED) is 0.155. The maximum Gasteiger partial charge on any atom is 0.136 e. The first-order valence-corrected chi connectivity index (χ1v) is 41.3. The molecule has 0 saturated heterocycles. The van der Waals surface area contributed by atoms with Gasteiger partial charge in [-0.15, -0.1) is 0 Å². The Morgan fingerprint density at radius 2 is 0.730 bits per heavy atom. The first-order chi connectivity index (χ1) is 56.0. The Morgan fingerprint density at radius 1 is 0.252 bits per heavy atom. The average molecular weight is 1470 g/mol. The number of benzene rings is 16. The van der Waals surface area contributed by atoms with Gasteiger partial charge in [0.05, 0.1) is 0 Å². The predicted molar refractivity (Wildman–Crippen MR) is 483 cm³/mol. The molecule has 0 amide bonds. The van der Waals surface area contributed by atoms with Crippen LogP contribution in [-0.4, -0.2) is 0 Å². The van der Waals surface area contributed by atoms with E-state index in [0.29, 0.717) is 0 Å². The van der Waals surface area contributed by atoms with Gasteiger partial charge in [-0.05, 0) is 300 Å². The van der Waals surface area contributed by atoms with Gasteiger partial charge in [0.25, 0.3) is 0 Å². The Bertz CT molecular complexity index is 7500. The lowest BCUT2D eigenvalue weighted by Gasteiger charge is -2.38. The van der Waals surface area contributed by atoms with Crippen molar-refractivity contribution in [3.8, 4) is 134 Å². The molecule has 2 atom stereocenters. The van der Waals surface area contributed by atoms with Gasteiger partial charge in [0.1, 0.15) is 11.2 Å². The van der Waals surface area contributed by atoms with Crippen molar-refractivity contribution in [2.45, 2.75) is 83.0 Å². The van der Waals surface area contributed by atoms with E-state index in [1.54, 1.807) is 0 Å². The molecule has 0 N–H and O–H groups in total.